The number of aromatic amines is 1. The van der Waals surface area contributed by atoms with E-state index in [-0.39, 0.29) is 6.42 Å². The summed E-state index contributed by atoms with van der Waals surface area (Å²) in [7, 11) is 0. The summed E-state index contributed by atoms with van der Waals surface area (Å²) in [6, 6.07) is 1.58. The van der Waals surface area contributed by atoms with E-state index in [2.05, 4.69) is 10.2 Å². The van der Waals surface area contributed by atoms with Crippen molar-refractivity contribution >= 4 is 5.78 Å². The minimum Gasteiger partial charge on any atom is -0.282 e. The largest absolute Gasteiger partial charge is 0.282 e. The lowest BCUT2D eigenvalue weighted by atomic mass is 10.1. The molecule has 4 nitrogen and oxygen atoms in total. The summed E-state index contributed by atoms with van der Waals surface area (Å²) in [5, 5.41) is 15.0. The quantitative estimate of drug-likeness (QED) is 0.651. The average molecular weight is 163 g/mol. The zero-order chi connectivity index (χ0) is 9.14. The topological polar surface area (TPSA) is 69.5 Å². The Hall–Kier alpha value is -1.63. The number of aromatic nitrogens is 2. The van der Waals surface area contributed by atoms with Gasteiger partial charge in [-0.2, -0.15) is 10.4 Å². The summed E-state index contributed by atoms with van der Waals surface area (Å²) < 4.78 is 0. The van der Waals surface area contributed by atoms with Crippen molar-refractivity contribution in [2.24, 2.45) is 0 Å². The summed E-state index contributed by atoms with van der Waals surface area (Å²) in [5.74, 6) is -0.428. The number of carbonyl (C=O) groups is 1. The fourth-order valence-corrected chi connectivity index (χ4v) is 1.03. The predicted octanol–water partition coefficient (Wildman–Crippen LogP) is 0.662. The van der Waals surface area contributed by atoms with Crippen LogP contribution in [0, 0.1) is 25.2 Å². The molecule has 0 radical (unpaired) electrons. The smallest absolute Gasteiger partial charge is 0.236 e. The molecule has 0 aromatic carbocycles. The van der Waals surface area contributed by atoms with E-state index in [0.717, 1.165) is 17.0 Å². The van der Waals surface area contributed by atoms with Crippen molar-refractivity contribution < 1.29 is 4.79 Å². The number of hydrogen-bond acceptors (Lipinski definition) is 3. The maximum atomic E-state index is 10.8. The molecule has 0 spiro atoms. The van der Waals surface area contributed by atoms with Crippen molar-refractivity contribution in [3.8, 4) is 6.07 Å². The molecule has 1 N–H and O–H groups in total. The highest BCUT2D eigenvalue weighted by molar-refractivity contribution is 5.95. The standard InChI is InChI=1S/C8H9N3O/c1-5-8(3-7(12)4-9)6(2)11-10-5/h3H2,1-2H3,(H,10,11). The molecule has 0 aliphatic carbocycles. The third-order valence-corrected chi connectivity index (χ3v) is 1.74. The molecule has 0 amide bonds. The van der Waals surface area contributed by atoms with Gasteiger partial charge in [0.15, 0.2) is 0 Å². The van der Waals surface area contributed by atoms with Crippen molar-refractivity contribution in [2.45, 2.75) is 20.3 Å². The maximum Gasteiger partial charge on any atom is 0.236 e. The van der Waals surface area contributed by atoms with E-state index in [1.165, 1.54) is 0 Å². The van der Waals surface area contributed by atoms with Crippen LogP contribution in [0.2, 0.25) is 0 Å². The Morgan fingerprint density at radius 3 is 2.75 bits per heavy atom. The number of rotatable bonds is 2. The average Bonchev–Trinajstić information content (AvgIpc) is 2.35. The maximum absolute atomic E-state index is 10.8. The van der Waals surface area contributed by atoms with Crippen LogP contribution in [0.3, 0.4) is 0 Å². The van der Waals surface area contributed by atoms with Crippen LogP contribution in [0.15, 0.2) is 0 Å². The molecular formula is C8H9N3O. The zero-order valence-corrected chi connectivity index (χ0v) is 7.01. The molecule has 4 heteroatoms. The van der Waals surface area contributed by atoms with E-state index in [9.17, 15) is 4.79 Å². The first kappa shape index (κ1) is 8.47. The van der Waals surface area contributed by atoms with Crippen molar-refractivity contribution in [2.75, 3.05) is 0 Å². The SMILES string of the molecule is Cc1n[nH]c(C)c1CC(=O)C#N. The monoisotopic (exact) mass is 163 g/mol. The van der Waals surface area contributed by atoms with Crippen molar-refractivity contribution in [3.63, 3.8) is 0 Å². The Kier molecular flexibility index (Phi) is 2.24. The Bertz CT molecular complexity index is 326. The van der Waals surface area contributed by atoms with Crippen LogP contribution >= 0.6 is 0 Å². The number of carbonyl (C=O) groups excluding carboxylic acids is 1. The summed E-state index contributed by atoms with van der Waals surface area (Å²) >= 11 is 0. The normalized spacial score (nSPS) is 9.42. The van der Waals surface area contributed by atoms with Crippen molar-refractivity contribution in [3.05, 3.63) is 17.0 Å². The predicted molar refractivity (Wildman–Crippen MR) is 42.4 cm³/mol. The first-order chi connectivity index (χ1) is 5.65. The van der Waals surface area contributed by atoms with Crippen LogP contribution in [-0.4, -0.2) is 16.0 Å². The number of aryl methyl sites for hydroxylation is 2. The second-order valence-corrected chi connectivity index (χ2v) is 2.62. The van der Waals surface area contributed by atoms with E-state index < -0.39 is 5.78 Å². The van der Waals surface area contributed by atoms with Gasteiger partial charge in [0.25, 0.3) is 0 Å². The Morgan fingerprint density at radius 2 is 2.33 bits per heavy atom. The third-order valence-electron chi connectivity index (χ3n) is 1.74. The molecule has 1 rings (SSSR count). The van der Waals surface area contributed by atoms with Crippen molar-refractivity contribution in [1.29, 1.82) is 5.26 Å². The van der Waals surface area contributed by atoms with E-state index in [4.69, 9.17) is 5.26 Å². The number of Topliss-reactive ketones (excluding diaryl/α,β-unsaturated/α-hetero) is 1. The molecule has 12 heavy (non-hydrogen) atoms. The second-order valence-electron chi connectivity index (χ2n) is 2.62. The minimum atomic E-state index is -0.428. The van der Waals surface area contributed by atoms with E-state index >= 15 is 0 Å². The highest BCUT2D eigenvalue weighted by Crippen LogP contribution is 2.09. The van der Waals surface area contributed by atoms with Gasteiger partial charge in [0.1, 0.15) is 6.07 Å². The van der Waals surface area contributed by atoms with Gasteiger partial charge >= 0.3 is 0 Å². The number of ketones is 1. The molecule has 0 atom stereocenters. The zero-order valence-electron chi connectivity index (χ0n) is 7.01. The van der Waals surface area contributed by atoms with Crippen LogP contribution in [0.1, 0.15) is 17.0 Å². The molecule has 1 aromatic rings. The van der Waals surface area contributed by atoms with Crippen LogP contribution in [-0.2, 0) is 11.2 Å². The van der Waals surface area contributed by atoms with Gasteiger partial charge in [-0.25, -0.2) is 0 Å². The first-order valence-corrected chi connectivity index (χ1v) is 3.58. The molecule has 0 unspecified atom stereocenters. The van der Waals surface area contributed by atoms with E-state index in [1.54, 1.807) is 6.07 Å². The van der Waals surface area contributed by atoms with Crippen LogP contribution in [0.4, 0.5) is 0 Å². The lowest BCUT2D eigenvalue weighted by molar-refractivity contribution is -0.113. The van der Waals surface area contributed by atoms with Gasteiger partial charge < -0.3 is 0 Å². The number of nitriles is 1. The van der Waals surface area contributed by atoms with Crippen LogP contribution in [0.25, 0.3) is 0 Å². The third kappa shape index (κ3) is 1.51. The Balaban J connectivity index is 2.90. The number of hydrogen-bond donors (Lipinski definition) is 1. The molecular weight excluding hydrogens is 154 g/mol. The number of H-pyrrole nitrogens is 1. The molecule has 0 aliphatic heterocycles. The van der Waals surface area contributed by atoms with Crippen molar-refractivity contribution in [1.82, 2.24) is 10.2 Å². The van der Waals surface area contributed by atoms with Gasteiger partial charge in [0.2, 0.25) is 5.78 Å². The molecule has 0 saturated carbocycles. The molecule has 1 heterocycles. The summed E-state index contributed by atoms with van der Waals surface area (Å²) in [4.78, 5) is 10.8. The van der Waals surface area contributed by atoms with Gasteiger partial charge in [0, 0.05) is 17.7 Å². The lowest BCUT2D eigenvalue weighted by Crippen LogP contribution is -2.00. The van der Waals surface area contributed by atoms with Gasteiger partial charge in [-0.3, -0.25) is 9.89 Å². The molecule has 0 saturated heterocycles. The van der Waals surface area contributed by atoms with Gasteiger partial charge in [0.05, 0.1) is 5.69 Å². The molecule has 62 valence electrons. The molecule has 0 aliphatic rings. The van der Waals surface area contributed by atoms with Gasteiger partial charge in [-0.15, -0.1) is 0 Å². The van der Waals surface area contributed by atoms with Crippen LogP contribution < -0.4 is 0 Å². The first-order valence-electron chi connectivity index (χ1n) is 3.58. The molecule has 1 aromatic heterocycles. The van der Waals surface area contributed by atoms with Gasteiger partial charge in [-0.1, -0.05) is 0 Å². The Morgan fingerprint density at radius 1 is 1.67 bits per heavy atom. The fourth-order valence-electron chi connectivity index (χ4n) is 1.03. The minimum absolute atomic E-state index is 0.157. The number of nitrogens with one attached hydrogen (secondary N) is 1. The summed E-state index contributed by atoms with van der Waals surface area (Å²) in [5.41, 5.74) is 2.48. The summed E-state index contributed by atoms with van der Waals surface area (Å²) in [6.45, 7) is 3.64. The number of nitrogens with zero attached hydrogens (tertiary/aromatic N) is 2. The Labute approximate surface area is 70.2 Å². The van der Waals surface area contributed by atoms with E-state index in [0.29, 0.717) is 0 Å². The summed E-state index contributed by atoms with van der Waals surface area (Å²) in [6.07, 6.45) is 0.157. The highest BCUT2D eigenvalue weighted by atomic mass is 16.1. The van der Waals surface area contributed by atoms with Gasteiger partial charge in [-0.05, 0) is 13.8 Å². The second kappa shape index (κ2) is 3.18. The fraction of sp³-hybridized carbons (Fsp3) is 0.375. The molecule has 0 fully saturated rings. The van der Waals surface area contributed by atoms with Crippen LogP contribution in [0.5, 0.6) is 0 Å². The lowest BCUT2D eigenvalue weighted by Gasteiger charge is -1.93. The van der Waals surface area contributed by atoms with E-state index in [1.807, 2.05) is 13.8 Å². The molecule has 0 bridgehead atoms. The highest BCUT2D eigenvalue weighted by Gasteiger charge is 2.09.